The normalized spacial score (nSPS) is 16.1. The summed E-state index contributed by atoms with van der Waals surface area (Å²) in [5, 5.41) is 5.93. The first-order chi connectivity index (χ1) is 20.0. The number of nitrogens with one attached hydrogen (secondary N) is 2. The van der Waals surface area contributed by atoms with E-state index in [1.54, 1.807) is 11.8 Å². The predicted molar refractivity (Wildman–Crippen MR) is 166 cm³/mol. The van der Waals surface area contributed by atoms with Crippen LogP contribution in [0.1, 0.15) is 28.7 Å². The summed E-state index contributed by atoms with van der Waals surface area (Å²) in [6.45, 7) is 2.52. The highest BCUT2D eigenvalue weighted by molar-refractivity contribution is 8.00. The molecule has 4 aromatic carbocycles. The molecule has 210 valence electrons. The molecule has 1 aliphatic heterocycles. The molecule has 2 atom stereocenters. The second-order valence-electron chi connectivity index (χ2n) is 10.4. The SMILES string of the molecule is NC(=O)C(CSC(c1ccccc1)(c1ccccc1)c1ccccc1)NC(=O)NC1CCN(Cc2ccccc2)C1. The van der Waals surface area contributed by atoms with Gasteiger partial charge in [-0.25, -0.2) is 4.79 Å². The van der Waals surface area contributed by atoms with E-state index in [9.17, 15) is 9.59 Å². The van der Waals surface area contributed by atoms with Gasteiger partial charge in [-0.1, -0.05) is 121 Å². The van der Waals surface area contributed by atoms with Gasteiger partial charge in [0, 0.05) is 31.4 Å². The molecule has 1 heterocycles. The van der Waals surface area contributed by atoms with E-state index in [0.717, 1.165) is 42.7 Å². The lowest BCUT2D eigenvalue weighted by molar-refractivity contribution is -0.119. The molecule has 4 aromatic rings. The second-order valence-corrected chi connectivity index (χ2v) is 11.6. The summed E-state index contributed by atoms with van der Waals surface area (Å²) in [4.78, 5) is 28.0. The summed E-state index contributed by atoms with van der Waals surface area (Å²) in [6.07, 6.45) is 0.857. The van der Waals surface area contributed by atoms with Crippen LogP contribution in [0.15, 0.2) is 121 Å². The summed E-state index contributed by atoms with van der Waals surface area (Å²) in [6, 6.07) is 39.9. The number of amides is 3. The van der Waals surface area contributed by atoms with E-state index < -0.39 is 16.7 Å². The molecule has 1 fully saturated rings. The third-order valence-electron chi connectivity index (χ3n) is 7.51. The fraction of sp³-hybridized carbons (Fsp3) is 0.235. The van der Waals surface area contributed by atoms with Crippen molar-refractivity contribution in [3.63, 3.8) is 0 Å². The van der Waals surface area contributed by atoms with Gasteiger partial charge in [0.1, 0.15) is 6.04 Å². The zero-order chi connectivity index (χ0) is 28.5. The Morgan fingerprint density at radius 2 is 1.29 bits per heavy atom. The van der Waals surface area contributed by atoms with Crippen molar-refractivity contribution in [1.82, 2.24) is 15.5 Å². The molecular weight excluding hydrogens is 528 g/mol. The van der Waals surface area contributed by atoms with Crippen molar-refractivity contribution in [3.05, 3.63) is 144 Å². The number of benzene rings is 4. The molecule has 3 amide bonds. The Morgan fingerprint density at radius 1 is 0.805 bits per heavy atom. The Hall–Kier alpha value is -4.07. The monoisotopic (exact) mass is 564 g/mol. The molecule has 1 aliphatic rings. The molecule has 1 saturated heterocycles. The highest BCUT2D eigenvalue weighted by atomic mass is 32.2. The van der Waals surface area contributed by atoms with E-state index in [-0.39, 0.29) is 12.1 Å². The number of carbonyl (C=O) groups is 2. The summed E-state index contributed by atoms with van der Waals surface area (Å²) >= 11 is 1.60. The lowest BCUT2D eigenvalue weighted by Crippen LogP contribution is -2.52. The number of rotatable bonds is 11. The number of hydrogen-bond donors (Lipinski definition) is 3. The largest absolute Gasteiger partial charge is 0.368 e. The van der Waals surface area contributed by atoms with Crippen LogP contribution in [0.3, 0.4) is 0 Å². The maximum Gasteiger partial charge on any atom is 0.315 e. The Labute approximate surface area is 246 Å². The van der Waals surface area contributed by atoms with Crippen LogP contribution >= 0.6 is 11.8 Å². The van der Waals surface area contributed by atoms with Crippen LogP contribution in [0, 0.1) is 0 Å². The van der Waals surface area contributed by atoms with Crippen molar-refractivity contribution in [2.45, 2.75) is 29.8 Å². The quantitative estimate of drug-likeness (QED) is 0.220. The highest BCUT2D eigenvalue weighted by Crippen LogP contribution is 2.48. The Bertz CT molecular complexity index is 1310. The van der Waals surface area contributed by atoms with Gasteiger partial charge in [0.25, 0.3) is 0 Å². The smallest absolute Gasteiger partial charge is 0.315 e. The molecular formula is C34H36N4O2S. The number of likely N-dealkylation sites (tertiary alicyclic amines) is 1. The summed E-state index contributed by atoms with van der Waals surface area (Å²) in [5.74, 6) is -0.264. The number of primary amides is 1. The lowest BCUT2D eigenvalue weighted by Gasteiger charge is -2.36. The molecule has 5 rings (SSSR count). The Balaban J connectivity index is 1.31. The fourth-order valence-corrected chi connectivity index (χ4v) is 7.07. The molecule has 0 spiro atoms. The zero-order valence-corrected chi connectivity index (χ0v) is 23.8. The van der Waals surface area contributed by atoms with E-state index >= 15 is 0 Å². The van der Waals surface area contributed by atoms with Gasteiger partial charge in [-0.15, -0.1) is 11.8 Å². The van der Waals surface area contributed by atoms with Crippen LogP contribution in [0.5, 0.6) is 0 Å². The molecule has 4 N–H and O–H groups in total. The van der Waals surface area contributed by atoms with Crippen molar-refractivity contribution in [2.75, 3.05) is 18.8 Å². The minimum atomic E-state index is -0.850. The summed E-state index contributed by atoms with van der Waals surface area (Å²) in [5.41, 5.74) is 10.3. The first kappa shape index (κ1) is 28.5. The van der Waals surface area contributed by atoms with Gasteiger partial charge in [0.2, 0.25) is 5.91 Å². The fourth-order valence-electron chi connectivity index (χ4n) is 5.49. The number of carbonyl (C=O) groups excluding carboxylic acids is 2. The van der Waals surface area contributed by atoms with Crippen LogP contribution in [0.4, 0.5) is 4.79 Å². The van der Waals surface area contributed by atoms with Gasteiger partial charge < -0.3 is 16.4 Å². The highest BCUT2D eigenvalue weighted by Gasteiger charge is 2.38. The average molecular weight is 565 g/mol. The van der Waals surface area contributed by atoms with Crippen molar-refractivity contribution >= 4 is 23.7 Å². The maximum atomic E-state index is 13.1. The number of urea groups is 1. The van der Waals surface area contributed by atoms with Gasteiger partial charge in [0.15, 0.2) is 0 Å². The first-order valence-electron chi connectivity index (χ1n) is 14.0. The van der Waals surface area contributed by atoms with Crippen LogP contribution in [-0.4, -0.2) is 47.8 Å². The molecule has 6 nitrogen and oxygen atoms in total. The molecule has 41 heavy (non-hydrogen) atoms. The standard InChI is InChI=1S/C34H36N4O2S/c35-32(39)31(37-33(40)36-30-21-22-38(24-30)23-26-13-5-1-6-14-26)25-41-34(27-15-7-2-8-16-27,28-17-9-3-10-18-28)29-19-11-4-12-20-29/h1-20,30-31H,21-25H2,(H2,35,39)(H2,36,37,40). The lowest BCUT2D eigenvalue weighted by atomic mass is 9.84. The Morgan fingerprint density at radius 3 is 1.78 bits per heavy atom. The van der Waals surface area contributed by atoms with Crippen molar-refractivity contribution in [2.24, 2.45) is 5.73 Å². The minimum absolute atomic E-state index is 0.0111. The molecule has 0 aromatic heterocycles. The number of nitrogens with zero attached hydrogens (tertiary/aromatic N) is 1. The van der Waals surface area contributed by atoms with Crippen LogP contribution in [0.2, 0.25) is 0 Å². The number of hydrogen-bond acceptors (Lipinski definition) is 4. The van der Waals surface area contributed by atoms with Crippen LogP contribution < -0.4 is 16.4 Å². The third kappa shape index (κ3) is 6.99. The molecule has 7 heteroatoms. The predicted octanol–water partition coefficient (Wildman–Crippen LogP) is 5.14. The van der Waals surface area contributed by atoms with Crippen molar-refractivity contribution in [3.8, 4) is 0 Å². The van der Waals surface area contributed by atoms with Gasteiger partial charge in [-0.3, -0.25) is 9.69 Å². The van der Waals surface area contributed by atoms with Crippen LogP contribution in [0.25, 0.3) is 0 Å². The summed E-state index contributed by atoms with van der Waals surface area (Å²) in [7, 11) is 0. The zero-order valence-electron chi connectivity index (χ0n) is 23.0. The molecule has 0 radical (unpaired) electrons. The van der Waals surface area contributed by atoms with Crippen molar-refractivity contribution in [1.29, 1.82) is 0 Å². The van der Waals surface area contributed by atoms with Crippen LogP contribution in [-0.2, 0) is 16.1 Å². The van der Waals surface area contributed by atoms with Crippen molar-refractivity contribution < 1.29 is 9.59 Å². The van der Waals surface area contributed by atoms with Gasteiger partial charge in [-0.2, -0.15) is 0 Å². The van der Waals surface area contributed by atoms with E-state index in [0.29, 0.717) is 5.75 Å². The van der Waals surface area contributed by atoms with E-state index in [1.165, 1.54) is 5.56 Å². The molecule has 0 bridgehead atoms. The van der Waals surface area contributed by atoms with E-state index in [4.69, 9.17) is 5.73 Å². The third-order valence-corrected chi connectivity index (χ3v) is 9.15. The van der Waals surface area contributed by atoms with E-state index in [2.05, 4.69) is 64.1 Å². The topological polar surface area (TPSA) is 87.5 Å². The minimum Gasteiger partial charge on any atom is -0.368 e. The molecule has 0 aliphatic carbocycles. The Kier molecular flexibility index (Phi) is 9.39. The number of nitrogens with two attached hydrogens (primary N) is 1. The van der Waals surface area contributed by atoms with Gasteiger partial charge >= 0.3 is 6.03 Å². The number of thioether (sulfide) groups is 1. The maximum absolute atomic E-state index is 13.1. The molecule has 0 saturated carbocycles. The average Bonchev–Trinajstić information content (AvgIpc) is 3.45. The molecule has 2 unspecified atom stereocenters. The second kappa shape index (κ2) is 13.5. The van der Waals surface area contributed by atoms with Gasteiger partial charge in [0.05, 0.1) is 4.75 Å². The van der Waals surface area contributed by atoms with E-state index in [1.807, 2.05) is 72.8 Å². The summed E-state index contributed by atoms with van der Waals surface area (Å²) < 4.78 is -0.612. The van der Waals surface area contributed by atoms with Gasteiger partial charge in [-0.05, 0) is 28.7 Å². The first-order valence-corrected chi connectivity index (χ1v) is 15.0.